The van der Waals surface area contributed by atoms with Crippen molar-refractivity contribution in [1.82, 2.24) is 25.8 Å². The number of ether oxygens (including phenoxy) is 1. The minimum Gasteiger partial charge on any atom is -0.492 e. The second-order valence-electron chi connectivity index (χ2n) is 6.18. The predicted octanol–water partition coefficient (Wildman–Crippen LogP) is 2.55. The summed E-state index contributed by atoms with van der Waals surface area (Å²) in [5.41, 5.74) is 1.22. The zero-order chi connectivity index (χ0) is 19.6. The second kappa shape index (κ2) is 10.1. The summed E-state index contributed by atoms with van der Waals surface area (Å²) in [6, 6.07) is 11.7. The highest BCUT2D eigenvalue weighted by molar-refractivity contribution is 5.79. The van der Waals surface area contributed by atoms with E-state index in [0.717, 1.165) is 24.1 Å². The highest BCUT2D eigenvalue weighted by Gasteiger charge is 2.07. The van der Waals surface area contributed by atoms with Crippen LogP contribution in [0.15, 0.2) is 52.1 Å². The van der Waals surface area contributed by atoms with Crippen molar-refractivity contribution < 1.29 is 9.15 Å². The van der Waals surface area contributed by atoms with Crippen LogP contribution in [0, 0.1) is 6.92 Å². The third-order valence-electron chi connectivity index (χ3n) is 3.92. The van der Waals surface area contributed by atoms with Gasteiger partial charge in [-0.15, -0.1) is 0 Å². The standard InChI is InChI=1S/C20H26N6O2/c1-3-21-20(23-12-14-27-16-8-6-15(2)7-9-16)22-11-10-18-24-19(26-25-18)17-5-4-13-28-17/h4-9,13H,3,10-12,14H2,1-2H3,(H2,21,22,23)(H,24,25,26). The van der Waals surface area contributed by atoms with Gasteiger partial charge in [-0.25, -0.2) is 4.98 Å². The van der Waals surface area contributed by atoms with Gasteiger partial charge in [0.05, 0.1) is 12.8 Å². The molecule has 0 radical (unpaired) electrons. The molecule has 148 valence electrons. The van der Waals surface area contributed by atoms with E-state index in [4.69, 9.17) is 9.15 Å². The number of hydrogen-bond donors (Lipinski definition) is 3. The summed E-state index contributed by atoms with van der Waals surface area (Å²) < 4.78 is 11.0. The quantitative estimate of drug-likeness (QED) is 0.299. The Labute approximate surface area is 164 Å². The van der Waals surface area contributed by atoms with E-state index in [1.807, 2.05) is 43.3 Å². The van der Waals surface area contributed by atoms with Gasteiger partial charge in [0.15, 0.2) is 11.7 Å². The molecule has 0 aliphatic heterocycles. The van der Waals surface area contributed by atoms with E-state index in [1.165, 1.54) is 5.56 Å². The number of nitrogens with zero attached hydrogens (tertiary/aromatic N) is 3. The maximum atomic E-state index is 5.72. The van der Waals surface area contributed by atoms with Gasteiger partial charge in [0.1, 0.15) is 18.2 Å². The minimum absolute atomic E-state index is 0.558. The molecule has 0 amide bonds. The number of rotatable bonds is 9. The summed E-state index contributed by atoms with van der Waals surface area (Å²) in [6.45, 7) is 6.68. The van der Waals surface area contributed by atoms with E-state index in [-0.39, 0.29) is 0 Å². The summed E-state index contributed by atoms with van der Waals surface area (Å²) in [5.74, 6) is 3.60. The van der Waals surface area contributed by atoms with Gasteiger partial charge in [-0.2, -0.15) is 5.10 Å². The molecule has 0 bridgehead atoms. The normalized spacial score (nSPS) is 11.4. The first kappa shape index (κ1) is 19.5. The molecule has 3 rings (SSSR count). The zero-order valence-electron chi connectivity index (χ0n) is 16.2. The number of furan rings is 1. The van der Waals surface area contributed by atoms with Crippen LogP contribution in [0.2, 0.25) is 0 Å². The molecule has 0 saturated carbocycles. The Hall–Kier alpha value is -3.29. The van der Waals surface area contributed by atoms with Crippen LogP contribution in [-0.4, -0.2) is 47.4 Å². The Balaban J connectivity index is 1.42. The van der Waals surface area contributed by atoms with Crippen LogP contribution in [0.25, 0.3) is 11.6 Å². The zero-order valence-corrected chi connectivity index (χ0v) is 16.2. The summed E-state index contributed by atoms with van der Waals surface area (Å²) in [5, 5.41) is 13.6. The summed E-state index contributed by atoms with van der Waals surface area (Å²) in [6.07, 6.45) is 2.26. The van der Waals surface area contributed by atoms with Crippen molar-refractivity contribution in [2.24, 2.45) is 4.99 Å². The molecule has 28 heavy (non-hydrogen) atoms. The fourth-order valence-corrected chi connectivity index (χ4v) is 2.51. The van der Waals surface area contributed by atoms with E-state index >= 15 is 0 Å². The monoisotopic (exact) mass is 382 g/mol. The molecule has 3 N–H and O–H groups in total. The molecule has 8 nitrogen and oxygen atoms in total. The number of aliphatic imine (C=N–C) groups is 1. The lowest BCUT2D eigenvalue weighted by Gasteiger charge is -2.12. The lowest BCUT2D eigenvalue weighted by molar-refractivity contribution is 0.322. The Morgan fingerprint density at radius 3 is 2.82 bits per heavy atom. The van der Waals surface area contributed by atoms with Gasteiger partial charge in [0.2, 0.25) is 5.82 Å². The largest absolute Gasteiger partial charge is 0.492 e. The smallest absolute Gasteiger partial charge is 0.216 e. The molecular formula is C20H26N6O2. The molecule has 8 heteroatoms. The SMILES string of the molecule is CCNC(=NCCc1nc(-c2ccco2)n[nH]1)NCCOc1ccc(C)cc1. The highest BCUT2D eigenvalue weighted by Crippen LogP contribution is 2.14. The Bertz CT molecular complexity index is 855. The second-order valence-corrected chi connectivity index (χ2v) is 6.18. The third-order valence-corrected chi connectivity index (χ3v) is 3.92. The van der Waals surface area contributed by atoms with Crippen molar-refractivity contribution in [2.75, 3.05) is 26.2 Å². The first-order chi connectivity index (χ1) is 13.7. The highest BCUT2D eigenvalue weighted by atomic mass is 16.5. The molecule has 0 atom stereocenters. The Kier molecular flexibility index (Phi) is 7.06. The number of nitrogens with one attached hydrogen (secondary N) is 3. The molecular weight excluding hydrogens is 356 g/mol. The van der Waals surface area contributed by atoms with Crippen LogP contribution in [0.4, 0.5) is 0 Å². The van der Waals surface area contributed by atoms with Gasteiger partial charge in [0.25, 0.3) is 0 Å². The molecule has 0 aliphatic rings. The van der Waals surface area contributed by atoms with E-state index in [9.17, 15) is 0 Å². The van der Waals surface area contributed by atoms with Gasteiger partial charge < -0.3 is 19.8 Å². The maximum Gasteiger partial charge on any atom is 0.216 e. The van der Waals surface area contributed by atoms with Gasteiger partial charge in [-0.05, 0) is 38.1 Å². The number of hydrogen-bond acceptors (Lipinski definition) is 5. The molecule has 0 aliphatic carbocycles. The van der Waals surface area contributed by atoms with Crippen LogP contribution < -0.4 is 15.4 Å². The molecule has 0 saturated heterocycles. The summed E-state index contributed by atoms with van der Waals surface area (Å²) in [4.78, 5) is 8.98. The molecule has 2 aromatic heterocycles. The predicted molar refractivity (Wildman–Crippen MR) is 108 cm³/mol. The summed E-state index contributed by atoms with van der Waals surface area (Å²) >= 11 is 0. The van der Waals surface area contributed by atoms with Crippen molar-refractivity contribution >= 4 is 5.96 Å². The number of aromatic nitrogens is 3. The van der Waals surface area contributed by atoms with Crippen molar-refractivity contribution in [1.29, 1.82) is 0 Å². The number of aromatic amines is 1. The van der Waals surface area contributed by atoms with Crippen LogP contribution >= 0.6 is 0 Å². The van der Waals surface area contributed by atoms with Crippen molar-refractivity contribution in [3.63, 3.8) is 0 Å². The summed E-state index contributed by atoms with van der Waals surface area (Å²) in [7, 11) is 0. The lowest BCUT2D eigenvalue weighted by Crippen LogP contribution is -2.39. The van der Waals surface area contributed by atoms with E-state index in [1.54, 1.807) is 6.26 Å². The van der Waals surface area contributed by atoms with Crippen LogP contribution in [0.3, 0.4) is 0 Å². The van der Waals surface area contributed by atoms with Gasteiger partial charge in [-0.3, -0.25) is 10.1 Å². The van der Waals surface area contributed by atoms with Crippen LogP contribution in [0.1, 0.15) is 18.3 Å². The minimum atomic E-state index is 0.558. The first-order valence-electron chi connectivity index (χ1n) is 9.41. The average Bonchev–Trinajstić information content (AvgIpc) is 3.38. The molecule has 3 aromatic rings. The third kappa shape index (κ3) is 5.87. The Morgan fingerprint density at radius 2 is 2.07 bits per heavy atom. The number of benzene rings is 1. The lowest BCUT2D eigenvalue weighted by atomic mass is 10.2. The topological polar surface area (TPSA) is 100 Å². The number of guanidine groups is 1. The molecule has 0 unspecified atom stereocenters. The van der Waals surface area contributed by atoms with E-state index in [2.05, 4.69) is 37.7 Å². The van der Waals surface area contributed by atoms with Crippen molar-refractivity contribution in [3.8, 4) is 17.3 Å². The molecule has 0 fully saturated rings. The maximum absolute atomic E-state index is 5.72. The number of aryl methyl sites for hydroxylation is 1. The average molecular weight is 382 g/mol. The van der Waals surface area contributed by atoms with Crippen LogP contribution in [-0.2, 0) is 6.42 Å². The van der Waals surface area contributed by atoms with Gasteiger partial charge >= 0.3 is 0 Å². The Morgan fingerprint density at radius 1 is 1.21 bits per heavy atom. The fourth-order valence-electron chi connectivity index (χ4n) is 2.51. The molecule has 2 heterocycles. The van der Waals surface area contributed by atoms with E-state index in [0.29, 0.717) is 37.7 Å². The van der Waals surface area contributed by atoms with Crippen molar-refractivity contribution in [3.05, 3.63) is 54.0 Å². The van der Waals surface area contributed by atoms with Gasteiger partial charge in [-0.1, -0.05) is 17.7 Å². The first-order valence-corrected chi connectivity index (χ1v) is 9.41. The van der Waals surface area contributed by atoms with Crippen molar-refractivity contribution in [2.45, 2.75) is 20.3 Å². The van der Waals surface area contributed by atoms with E-state index < -0.39 is 0 Å². The number of H-pyrrole nitrogens is 1. The molecule has 1 aromatic carbocycles. The van der Waals surface area contributed by atoms with Gasteiger partial charge in [0, 0.05) is 19.5 Å². The van der Waals surface area contributed by atoms with Crippen LogP contribution in [0.5, 0.6) is 5.75 Å². The molecule has 0 spiro atoms. The fraction of sp³-hybridized carbons (Fsp3) is 0.350.